The van der Waals surface area contributed by atoms with Crippen LogP contribution in [0.4, 0.5) is 0 Å². The van der Waals surface area contributed by atoms with Gasteiger partial charge in [0.15, 0.2) is 9.84 Å². The Hall–Kier alpha value is -2.18. The molecule has 1 saturated heterocycles. The van der Waals surface area contributed by atoms with E-state index in [1.165, 1.54) is 31.2 Å². The molecule has 0 radical (unpaired) electrons. The highest BCUT2D eigenvalue weighted by atomic mass is 32.2. The summed E-state index contributed by atoms with van der Waals surface area (Å²) in [5.74, 6) is -0.858. The Morgan fingerprint density at radius 3 is 2.16 bits per heavy atom. The molecular weight excluding hydrogens is 408 g/mol. The first-order chi connectivity index (χ1) is 15.0. The van der Waals surface area contributed by atoms with E-state index in [1.807, 2.05) is 42.5 Å². The quantitative estimate of drug-likeness (QED) is 0.609. The second-order valence-corrected chi connectivity index (χ2v) is 10.6. The third-order valence-corrected chi connectivity index (χ3v) is 7.34. The van der Waals surface area contributed by atoms with Crippen LogP contribution in [-0.4, -0.2) is 43.8 Å². The Balaban J connectivity index is 1.38. The summed E-state index contributed by atoms with van der Waals surface area (Å²) in [6.07, 6.45) is 6.44. The molecule has 0 unspecified atom stereocenters. The van der Waals surface area contributed by atoms with Crippen molar-refractivity contribution in [2.24, 2.45) is 0 Å². The van der Waals surface area contributed by atoms with Crippen molar-refractivity contribution in [3.05, 3.63) is 71.3 Å². The van der Waals surface area contributed by atoms with Gasteiger partial charge in [-0.3, -0.25) is 9.69 Å². The van der Waals surface area contributed by atoms with Crippen LogP contribution < -0.4 is 5.32 Å². The van der Waals surface area contributed by atoms with Crippen molar-refractivity contribution >= 4 is 15.7 Å². The Bertz CT molecular complexity index is 904. The fraction of sp³-hybridized carbons (Fsp3) is 0.480. The van der Waals surface area contributed by atoms with Crippen molar-refractivity contribution in [3.8, 4) is 0 Å². The molecular formula is C25H34N2O3S. The lowest BCUT2D eigenvalue weighted by Gasteiger charge is -2.19. The van der Waals surface area contributed by atoms with Crippen LogP contribution in [0.15, 0.2) is 54.6 Å². The lowest BCUT2D eigenvalue weighted by molar-refractivity contribution is -0.118. The van der Waals surface area contributed by atoms with Crippen molar-refractivity contribution in [2.45, 2.75) is 51.6 Å². The van der Waals surface area contributed by atoms with Crippen LogP contribution in [0, 0.1) is 0 Å². The highest BCUT2D eigenvalue weighted by Gasteiger charge is 2.16. The van der Waals surface area contributed by atoms with E-state index >= 15 is 0 Å². The number of amides is 1. The molecule has 1 fully saturated rings. The van der Waals surface area contributed by atoms with Gasteiger partial charge in [0.1, 0.15) is 5.75 Å². The van der Waals surface area contributed by atoms with E-state index < -0.39 is 21.5 Å². The molecule has 0 saturated carbocycles. The number of nitrogens with one attached hydrogen (secondary N) is 1. The Morgan fingerprint density at radius 1 is 0.839 bits per heavy atom. The van der Waals surface area contributed by atoms with Gasteiger partial charge in [-0.15, -0.1) is 0 Å². The highest BCUT2D eigenvalue weighted by molar-refractivity contribution is 7.92. The van der Waals surface area contributed by atoms with Gasteiger partial charge in [0.05, 0.1) is 5.75 Å². The summed E-state index contributed by atoms with van der Waals surface area (Å²) in [7, 11) is -3.40. The number of hydrogen-bond acceptors (Lipinski definition) is 4. The number of likely N-dealkylation sites (tertiary alicyclic amines) is 1. The first-order valence-electron chi connectivity index (χ1n) is 11.3. The van der Waals surface area contributed by atoms with Crippen molar-refractivity contribution in [2.75, 3.05) is 24.6 Å². The van der Waals surface area contributed by atoms with Gasteiger partial charge in [-0.05, 0) is 55.5 Å². The summed E-state index contributed by atoms with van der Waals surface area (Å²) in [6.45, 7) is 3.64. The zero-order chi connectivity index (χ0) is 21.9. The number of sulfone groups is 1. The molecule has 1 N–H and O–H groups in total. The van der Waals surface area contributed by atoms with Crippen molar-refractivity contribution in [1.29, 1.82) is 0 Å². The highest BCUT2D eigenvalue weighted by Crippen LogP contribution is 2.14. The van der Waals surface area contributed by atoms with Crippen LogP contribution in [0.1, 0.15) is 48.8 Å². The number of hydrogen-bond donors (Lipinski definition) is 1. The molecule has 2 aromatic rings. The lowest BCUT2D eigenvalue weighted by Crippen LogP contribution is -2.31. The Labute approximate surface area is 186 Å². The monoisotopic (exact) mass is 442 g/mol. The third-order valence-electron chi connectivity index (χ3n) is 5.73. The van der Waals surface area contributed by atoms with E-state index in [1.54, 1.807) is 0 Å². The van der Waals surface area contributed by atoms with E-state index in [2.05, 4.69) is 22.3 Å². The molecule has 168 valence electrons. The molecule has 1 aliphatic heterocycles. The Morgan fingerprint density at radius 2 is 1.48 bits per heavy atom. The minimum absolute atomic E-state index is 0.0283. The summed E-state index contributed by atoms with van der Waals surface area (Å²) in [4.78, 5) is 14.6. The zero-order valence-electron chi connectivity index (χ0n) is 18.3. The molecule has 0 bridgehead atoms. The topological polar surface area (TPSA) is 66.5 Å². The molecule has 1 amide bonds. The molecule has 1 heterocycles. The van der Waals surface area contributed by atoms with Gasteiger partial charge < -0.3 is 5.32 Å². The van der Waals surface area contributed by atoms with Gasteiger partial charge in [0.2, 0.25) is 5.91 Å². The number of carbonyl (C=O) groups is 1. The van der Waals surface area contributed by atoms with Gasteiger partial charge in [-0.2, -0.15) is 0 Å². The number of carbonyl (C=O) groups excluding carboxylic acids is 1. The molecule has 1 aliphatic rings. The van der Waals surface area contributed by atoms with E-state index in [0.29, 0.717) is 19.4 Å². The third kappa shape index (κ3) is 8.83. The van der Waals surface area contributed by atoms with Crippen LogP contribution in [-0.2, 0) is 34.1 Å². The first-order valence-corrected chi connectivity index (χ1v) is 13.1. The van der Waals surface area contributed by atoms with Crippen molar-refractivity contribution in [1.82, 2.24) is 10.2 Å². The summed E-state index contributed by atoms with van der Waals surface area (Å²) >= 11 is 0. The minimum atomic E-state index is -3.40. The Kier molecular flexibility index (Phi) is 9.10. The molecule has 0 atom stereocenters. The van der Waals surface area contributed by atoms with Crippen LogP contribution in [0.5, 0.6) is 0 Å². The van der Waals surface area contributed by atoms with E-state index in [4.69, 9.17) is 0 Å². The fourth-order valence-electron chi connectivity index (χ4n) is 3.98. The molecule has 0 spiro atoms. The largest absolute Gasteiger partial charge is 0.351 e. The summed E-state index contributed by atoms with van der Waals surface area (Å²) in [5, 5.41) is 2.74. The van der Waals surface area contributed by atoms with E-state index in [0.717, 1.165) is 30.8 Å². The van der Waals surface area contributed by atoms with Crippen LogP contribution >= 0.6 is 0 Å². The van der Waals surface area contributed by atoms with E-state index in [-0.39, 0.29) is 5.75 Å². The second-order valence-electron chi connectivity index (χ2n) is 8.46. The molecule has 5 nitrogen and oxygen atoms in total. The average Bonchev–Trinajstić information content (AvgIpc) is 3.02. The van der Waals surface area contributed by atoms with Gasteiger partial charge in [-0.1, -0.05) is 67.4 Å². The fourth-order valence-corrected chi connectivity index (χ4v) is 5.21. The molecule has 0 aliphatic carbocycles. The summed E-state index contributed by atoms with van der Waals surface area (Å²) < 4.78 is 24.5. The number of rotatable bonds is 10. The SMILES string of the molecule is O=C(CS(=O)(=O)CCCc1ccccc1)NCc1ccc(CN2CCCCCC2)cc1. The molecule has 2 aromatic carbocycles. The maximum absolute atomic E-state index is 12.2. The average molecular weight is 443 g/mol. The standard InChI is InChI=1S/C25H34N2O3S/c28-25(21-31(29,30)18-8-11-22-9-4-3-5-10-22)26-19-23-12-14-24(15-13-23)20-27-16-6-1-2-7-17-27/h3-5,9-10,12-15H,1-2,6-8,11,16-21H2,(H,26,28). The lowest BCUT2D eigenvalue weighted by atomic mass is 10.1. The summed E-state index contributed by atoms with van der Waals surface area (Å²) in [5.41, 5.74) is 3.37. The smallest absolute Gasteiger partial charge is 0.235 e. The van der Waals surface area contributed by atoms with Gasteiger partial charge in [0, 0.05) is 13.1 Å². The van der Waals surface area contributed by atoms with E-state index in [9.17, 15) is 13.2 Å². The normalized spacial score (nSPS) is 15.4. The van der Waals surface area contributed by atoms with Crippen LogP contribution in [0.25, 0.3) is 0 Å². The zero-order valence-corrected chi connectivity index (χ0v) is 19.1. The van der Waals surface area contributed by atoms with Crippen molar-refractivity contribution < 1.29 is 13.2 Å². The number of nitrogens with zero attached hydrogens (tertiary/aromatic N) is 1. The van der Waals surface area contributed by atoms with Gasteiger partial charge in [0.25, 0.3) is 0 Å². The van der Waals surface area contributed by atoms with Gasteiger partial charge in [-0.25, -0.2) is 8.42 Å². The summed E-state index contributed by atoms with van der Waals surface area (Å²) in [6, 6.07) is 18.0. The molecule has 6 heteroatoms. The number of benzene rings is 2. The minimum Gasteiger partial charge on any atom is -0.351 e. The van der Waals surface area contributed by atoms with Gasteiger partial charge >= 0.3 is 0 Å². The maximum atomic E-state index is 12.2. The second kappa shape index (κ2) is 12.0. The van der Waals surface area contributed by atoms with Crippen LogP contribution in [0.2, 0.25) is 0 Å². The predicted molar refractivity (Wildman–Crippen MR) is 125 cm³/mol. The van der Waals surface area contributed by atoms with Crippen LogP contribution in [0.3, 0.4) is 0 Å². The molecule has 31 heavy (non-hydrogen) atoms. The van der Waals surface area contributed by atoms with Crippen molar-refractivity contribution in [3.63, 3.8) is 0 Å². The predicted octanol–water partition coefficient (Wildman–Crippen LogP) is 3.73. The number of aryl methyl sites for hydroxylation is 1. The maximum Gasteiger partial charge on any atom is 0.235 e. The first kappa shape index (κ1) is 23.5. The molecule has 3 rings (SSSR count). The molecule has 0 aromatic heterocycles.